The highest BCUT2D eigenvalue weighted by molar-refractivity contribution is 9.10. The van der Waals surface area contributed by atoms with E-state index in [9.17, 15) is 0 Å². The van der Waals surface area contributed by atoms with Gasteiger partial charge in [-0.2, -0.15) is 0 Å². The quantitative estimate of drug-likeness (QED) is 0.489. The van der Waals surface area contributed by atoms with E-state index >= 15 is 0 Å². The lowest BCUT2D eigenvalue weighted by Crippen LogP contribution is -2.06. The first-order valence-corrected chi connectivity index (χ1v) is 8.52. The Bertz CT molecular complexity index is 676. The van der Waals surface area contributed by atoms with E-state index in [1.807, 2.05) is 18.2 Å². The van der Waals surface area contributed by atoms with E-state index in [-0.39, 0.29) is 5.38 Å². The zero-order valence-corrected chi connectivity index (χ0v) is 16.0. The maximum Gasteiger partial charge on any atom is 0.0855 e. The molecule has 2 aromatic rings. The molecule has 0 bridgehead atoms. The van der Waals surface area contributed by atoms with Gasteiger partial charge in [0.25, 0.3) is 0 Å². The number of hydrogen-bond acceptors (Lipinski definition) is 0. The fourth-order valence-electron chi connectivity index (χ4n) is 2.77. The highest BCUT2D eigenvalue weighted by atomic mass is 79.9. The van der Waals surface area contributed by atoms with Crippen LogP contribution in [0.2, 0.25) is 5.02 Å². The van der Waals surface area contributed by atoms with Gasteiger partial charge in [0.1, 0.15) is 0 Å². The Labute approximate surface area is 145 Å². The molecule has 2 aromatic carbocycles. The zero-order valence-electron chi connectivity index (χ0n) is 12.9. The average Bonchev–Trinajstić information content (AvgIpc) is 2.45. The minimum atomic E-state index is -0.243. The molecule has 0 aliphatic rings. The summed E-state index contributed by atoms with van der Waals surface area (Å²) in [5.74, 6) is 0. The molecule has 0 heterocycles. The van der Waals surface area contributed by atoms with Crippen LogP contribution in [0, 0.1) is 34.6 Å². The van der Waals surface area contributed by atoms with Gasteiger partial charge in [-0.05, 0) is 91.8 Å². The van der Waals surface area contributed by atoms with Crippen molar-refractivity contribution in [1.82, 2.24) is 0 Å². The Morgan fingerprint density at radius 3 is 1.86 bits per heavy atom. The van der Waals surface area contributed by atoms with Crippen molar-refractivity contribution in [2.75, 3.05) is 0 Å². The van der Waals surface area contributed by atoms with Gasteiger partial charge in [0.15, 0.2) is 0 Å². The predicted octanol–water partition coefficient (Wildman–Crippen LogP) is 6.97. The minimum Gasteiger partial charge on any atom is -0.113 e. The van der Waals surface area contributed by atoms with Gasteiger partial charge in [0, 0.05) is 9.50 Å². The molecule has 0 nitrogen and oxygen atoms in total. The molecule has 0 aromatic heterocycles. The number of alkyl halides is 1. The summed E-state index contributed by atoms with van der Waals surface area (Å²) in [7, 11) is 0. The maximum atomic E-state index is 6.81. The van der Waals surface area contributed by atoms with Crippen molar-refractivity contribution in [1.29, 1.82) is 0 Å². The predicted molar refractivity (Wildman–Crippen MR) is 97.0 cm³/mol. The van der Waals surface area contributed by atoms with Crippen LogP contribution in [0.15, 0.2) is 22.7 Å². The number of halogens is 3. The number of benzene rings is 2. The molecule has 0 spiro atoms. The first kappa shape index (κ1) is 16.9. The van der Waals surface area contributed by atoms with Crippen molar-refractivity contribution in [2.45, 2.75) is 40.0 Å². The summed E-state index contributed by atoms with van der Waals surface area (Å²) in [6.07, 6.45) is 0. The molecule has 0 radical (unpaired) electrons. The zero-order chi connectivity index (χ0) is 15.9. The summed E-state index contributed by atoms with van der Waals surface area (Å²) in [5, 5.41) is 0.459. The van der Waals surface area contributed by atoms with Crippen molar-refractivity contribution in [3.05, 3.63) is 66.6 Å². The van der Waals surface area contributed by atoms with Gasteiger partial charge in [-0.15, -0.1) is 11.6 Å². The van der Waals surface area contributed by atoms with Crippen LogP contribution in [0.5, 0.6) is 0 Å². The van der Waals surface area contributed by atoms with Crippen LogP contribution in [-0.4, -0.2) is 0 Å². The van der Waals surface area contributed by atoms with Gasteiger partial charge in [0.05, 0.1) is 5.38 Å². The monoisotopic (exact) mass is 384 g/mol. The Kier molecular flexibility index (Phi) is 5.07. The summed E-state index contributed by atoms with van der Waals surface area (Å²) < 4.78 is 0.989. The van der Waals surface area contributed by atoms with E-state index in [1.54, 1.807) is 0 Å². The fraction of sp³-hybridized carbons (Fsp3) is 0.333. The van der Waals surface area contributed by atoms with E-state index in [2.05, 4.69) is 50.5 Å². The summed E-state index contributed by atoms with van der Waals surface area (Å²) >= 11 is 16.7. The summed E-state index contributed by atoms with van der Waals surface area (Å²) in [6.45, 7) is 10.8. The molecule has 0 N–H and O–H groups in total. The third-order valence-electron chi connectivity index (χ3n) is 4.54. The van der Waals surface area contributed by atoms with E-state index in [1.165, 1.54) is 33.4 Å². The smallest absolute Gasteiger partial charge is 0.0855 e. The highest BCUT2D eigenvalue weighted by Gasteiger charge is 2.22. The second kappa shape index (κ2) is 6.32. The molecule has 0 fully saturated rings. The van der Waals surface area contributed by atoms with Crippen molar-refractivity contribution < 1.29 is 0 Å². The van der Waals surface area contributed by atoms with Crippen LogP contribution in [0.1, 0.15) is 44.3 Å². The van der Waals surface area contributed by atoms with Gasteiger partial charge in [-0.3, -0.25) is 0 Å². The van der Waals surface area contributed by atoms with Crippen LogP contribution >= 0.6 is 39.1 Å². The molecule has 112 valence electrons. The lowest BCUT2D eigenvalue weighted by molar-refractivity contribution is 1.04. The van der Waals surface area contributed by atoms with E-state index in [0.717, 1.165) is 10.0 Å². The largest absolute Gasteiger partial charge is 0.113 e. The van der Waals surface area contributed by atoms with Gasteiger partial charge in [-0.25, -0.2) is 0 Å². The Morgan fingerprint density at radius 1 is 0.857 bits per heavy atom. The van der Waals surface area contributed by atoms with Crippen LogP contribution in [-0.2, 0) is 0 Å². The fourth-order valence-corrected chi connectivity index (χ4v) is 3.94. The van der Waals surface area contributed by atoms with Gasteiger partial charge < -0.3 is 0 Å². The molecule has 0 amide bonds. The van der Waals surface area contributed by atoms with Gasteiger partial charge in [-0.1, -0.05) is 27.5 Å². The first-order chi connectivity index (χ1) is 9.75. The standard InChI is InChI=1S/C18H19BrCl2/c1-9-10(2)12(4)17(13(5)11(9)3)18(21)15-8-14(19)6-7-16(15)20/h6-8,18H,1-5H3. The SMILES string of the molecule is Cc1c(C)c(C)c(C(Cl)c2cc(Br)ccc2Cl)c(C)c1C. The molecule has 3 heteroatoms. The van der Waals surface area contributed by atoms with E-state index in [4.69, 9.17) is 23.2 Å². The molecule has 0 saturated heterocycles. The van der Waals surface area contributed by atoms with Gasteiger partial charge in [0.2, 0.25) is 0 Å². The molecule has 21 heavy (non-hydrogen) atoms. The molecule has 0 aliphatic heterocycles. The maximum absolute atomic E-state index is 6.81. The van der Waals surface area contributed by atoms with Crippen LogP contribution in [0.25, 0.3) is 0 Å². The molecular formula is C18H19BrCl2. The normalized spacial score (nSPS) is 12.6. The van der Waals surface area contributed by atoms with Crippen molar-refractivity contribution in [3.63, 3.8) is 0 Å². The van der Waals surface area contributed by atoms with Crippen LogP contribution < -0.4 is 0 Å². The van der Waals surface area contributed by atoms with Crippen LogP contribution in [0.4, 0.5) is 0 Å². The third-order valence-corrected chi connectivity index (χ3v) is 5.83. The first-order valence-electron chi connectivity index (χ1n) is 6.91. The highest BCUT2D eigenvalue weighted by Crippen LogP contribution is 2.40. The molecular weight excluding hydrogens is 367 g/mol. The summed E-state index contributed by atoms with van der Waals surface area (Å²) in [6, 6.07) is 5.82. The topological polar surface area (TPSA) is 0 Å². The van der Waals surface area contributed by atoms with Gasteiger partial charge >= 0.3 is 0 Å². The average molecular weight is 386 g/mol. The summed E-state index contributed by atoms with van der Waals surface area (Å²) in [5.41, 5.74) is 8.60. The van der Waals surface area contributed by atoms with E-state index in [0.29, 0.717) is 5.02 Å². The second-order valence-corrected chi connectivity index (χ2v) is 7.33. The molecule has 1 atom stereocenters. The second-order valence-electron chi connectivity index (χ2n) is 5.57. The Hall–Kier alpha value is -0.500. The Balaban J connectivity index is 2.69. The molecule has 0 saturated carbocycles. The molecule has 2 rings (SSSR count). The van der Waals surface area contributed by atoms with E-state index < -0.39 is 0 Å². The van der Waals surface area contributed by atoms with Crippen molar-refractivity contribution >= 4 is 39.1 Å². The molecule has 1 unspecified atom stereocenters. The van der Waals surface area contributed by atoms with Crippen molar-refractivity contribution in [3.8, 4) is 0 Å². The van der Waals surface area contributed by atoms with Crippen molar-refractivity contribution in [2.24, 2.45) is 0 Å². The lowest BCUT2D eigenvalue weighted by Gasteiger charge is -2.23. The summed E-state index contributed by atoms with van der Waals surface area (Å²) in [4.78, 5) is 0. The minimum absolute atomic E-state index is 0.243. The van der Waals surface area contributed by atoms with Crippen LogP contribution in [0.3, 0.4) is 0 Å². The number of hydrogen-bond donors (Lipinski definition) is 0. The Morgan fingerprint density at radius 2 is 1.33 bits per heavy atom. The third kappa shape index (κ3) is 3.02. The lowest BCUT2D eigenvalue weighted by atomic mass is 9.86. The molecule has 0 aliphatic carbocycles. The number of rotatable bonds is 2.